The zero-order valence-electron chi connectivity index (χ0n) is 15.2. The first-order valence-corrected chi connectivity index (χ1v) is 10.00. The van der Waals surface area contributed by atoms with E-state index in [1.165, 1.54) is 37.1 Å². The molecule has 0 radical (unpaired) electrons. The van der Waals surface area contributed by atoms with Gasteiger partial charge in [0.25, 0.3) is 5.91 Å². The third-order valence-corrected chi connectivity index (χ3v) is 5.22. The Morgan fingerprint density at radius 1 is 1.15 bits per heavy atom. The summed E-state index contributed by atoms with van der Waals surface area (Å²) in [5.74, 6) is -1.63. The number of rotatable bonds is 7. The first kappa shape index (κ1) is 20.4. The second-order valence-corrected chi connectivity index (χ2v) is 8.08. The first-order chi connectivity index (χ1) is 12.6. The van der Waals surface area contributed by atoms with Crippen LogP contribution in [-0.2, 0) is 21.2 Å². The van der Waals surface area contributed by atoms with Gasteiger partial charge in [0.2, 0.25) is 0 Å². The van der Waals surface area contributed by atoms with Crippen LogP contribution in [0.25, 0.3) is 0 Å². The number of nitrogens with zero attached hydrogens (tertiary/aromatic N) is 1. The molecule has 0 aliphatic heterocycles. The van der Waals surface area contributed by atoms with Crippen LogP contribution in [0.15, 0.2) is 53.4 Å². The molecular formula is C19H21NO6S. The third-order valence-electron chi connectivity index (χ3n) is 4.11. The van der Waals surface area contributed by atoms with Crippen LogP contribution in [0, 0.1) is 0 Å². The zero-order chi connectivity index (χ0) is 20.2. The van der Waals surface area contributed by atoms with Gasteiger partial charge in [0.05, 0.1) is 17.6 Å². The molecule has 2 rings (SSSR count). The van der Waals surface area contributed by atoms with Crippen molar-refractivity contribution in [1.82, 2.24) is 4.90 Å². The van der Waals surface area contributed by atoms with Crippen molar-refractivity contribution >= 4 is 21.7 Å². The van der Waals surface area contributed by atoms with Crippen LogP contribution in [-0.4, -0.2) is 49.7 Å². The number of methoxy groups -OCH3 is 1. The lowest BCUT2D eigenvalue weighted by atomic mass is 10.1. The van der Waals surface area contributed by atoms with Crippen molar-refractivity contribution in [3.05, 3.63) is 59.7 Å². The van der Waals surface area contributed by atoms with E-state index in [9.17, 15) is 23.1 Å². The van der Waals surface area contributed by atoms with Crippen LogP contribution in [0.1, 0.15) is 22.8 Å². The summed E-state index contributed by atoms with van der Waals surface area (Å²) in [5.41, 5.74) is 0.738. The maximum absolute atomic E-state index is 13.1. The van der Waals surface area contributed by atoms with Crippen LogP contribution in [0.4, 0.5) is 0 Å². The van der Waals surface area contributed by atoms with E-state index in [0.29, 0.717) is 0 Å². The molecule has 27 heavy (non-hydrogen) atoms. The molecular weight excluding hydrogens is 370 g/mol. The molecule has 1 unspecified atom stereocenters. The summed E-state index contributed by atoms with van der Waals surface area (Å²) >= 11 is 0. The Hall–Kier alpha value is -2.87. The van der Waals surface area contributed by atoms with Gasteiger partial charge in [-0.15, -0.1) is 0 Å². The van der Waals surface area contributed by atoms with Crippen LogP contribution >= 0.6 is 0 Å². The SMILES string of the molecule is COc1ccc(S(C)(=O)=O)cc1C(=O)N(Cc1ccccc1)C(C)C(=O)O. The fourth-order valence-electron chi connectivity index (χ4n) is 2.54. The van der Waals surface area contributed by atoms with E-state index in [1.807, 2.05) is 6.07 Å². The van der Waals surface area contributed by atoms with E-state index in [0.717, 1.165) is 11.8 Å². The molecule has 0 aromatic heterocycles. The standard InChI is InChI=1S/C19H21NO6S/c1-13(19(22)23)20(12-14-7-5-4-6-8-14)18(21)16-11-15(27(3,24)25)9-10-17(16)26-2/h4-11,13H,12H2,1-3H3,(H,22,23). The lowest BCUT2D eigenvalue weighted by molar-refractivity contribution is -0.141. The minimum atomic E-state index is -3.55. The van der Waals surface area contributed by atoms with Crippen LogP contribution in [0.5, 0.6) is 5.75 Å². The molecule has 7 nitrogen and oxygen atoms in total. The number of hydrogen-bond donors (Lipinski definition) is 1. The average molecular weight is 391 g/mol. The summed E-state index contributed by atoms with van der Waals surface area (Å²) in [4.78, 5) is 25.8. The zero-order valence-corrected chi connectivity index (χ0v) is 16.1. The molecule has 8 heteroatoms. The first-order valence-electron chi connectivity index (χ1n) is 8.11. The van der Waals surface area contributed by atoms with E-state index in [1.54, 1.807) is 24.3 Å². The fourth-order valence-corrected chi connectivity index (χ4v) is 3.18. The smallest absolute Gasteiger partial charge is 0.326 e. The quantitative estimate of drug-likeness (QED) is 0.777. The molecule has 2 aromatic rings. The Morgan fingerprint density at radius 2 is 1.78 bits per heavy atom. The molecule has 2 aromatic carbocycles. The van der Waals surface area contributed by atoms with E-state index in [-0.39, 0.29) is 22.8 Å². The minimum Gasteiger partial charge on any atom is -0.496 e. The molecule has 0 saturated heterocycles. The number of carboxylic acid groups (broad SMARTS) is 1. The molecule has 0 saturated carbocycles. The summed E-state index contributed by atoms with van der Waals surface area (Å²) in [6.07, 6.45) is 1.03. The highest BCUT2D eigenvalue weighted by Crippen LogP contribution is 2.25. The van der Waals surface area contributed by atoms with Crippen molar-refractivity contribution in [3.8, 4) is 5.75 Å². The Morgan fingerprint density at radius 3 is 2.30 bits per heavy atom. The van der Waals surface area contributed by atoms with Crippen molar-refractivity contribution in [2.45, 2.75) is 24.4 Å². The van der Waals surface area contributed by atoms with Crippen LogP contribution in [0.3, 0.4) is 0 Å². The second kappa shape index (κ2) is 8.22. The maximum Gasteiger partial charge on any atom is 0.326 e. The number of carbonyl (C=O) groups excluding carboxylic acids is 1. The second-order valence-electron chi connectivity index (χ2n) is 6.07. The summed E-state index contributed by atoms with van der Waals surface area (Å²) in [7, 11) is -2.19. The van der Waals surface area contributed by atoms with Gasteiger partial charge < -0.3 is 14.7 Å². The molecule has 144 valence electrons. The Labute approximate surface area is 158 Å². The fraction of sp³-hybridized carbons (Fsp3) is 0.263. The van der Waals surface area contributed by atoms with Crippen molar-refractivity contribution in [1.29, 1.82) is 0 Å². The summed E-state index contributed by atoms with van der Waals surface area (Å²) < 4.78 is 28.9. The number of benzene rings is 2. The average Bonchev–Trinajstić information content (AvgIpc) is 2.64. The largest absolute Gasteiger partial charge is 0.496 e. The summed E-state index contributed by atoms with van der Waals surface area (Å²) in [6, 6.07) is 11.8. The molecule has 0 fully saturated rings. The van der Waals surface area contributed by atoms with E-state index in [2.05, 4.69) is 0 Å². The van der Waals surface area contributed by atoms with Crippen molar-refractivity contribution in [3.63, 3.8) is 0 Å². The molecule has 0 aliphatic rings. The maximum atomic E-state index is 13.1. The number of sulfone groups is 1. The third kappa shape index (κ3) is 4.85. The molecule has 0 heterocycles. The van der Waals surface area contributed by atoms with Crippen molar-refractivity contribution < 1.29 is 27.9 Å². The predicted octanol–water partition coefficient (Wildman–Crippen LogP) is 2.21. The monoisotopic (exact) mass is 391 g/mol. The summed E-state index contributed by atoms with van der Waals surface area (Å²) in [5, 5.41) is 9.42. The van der Waals surface area contributed by atoms with Gasteiger partial charge in [0.1, 0.15) is 11.8 Å². The topological polar surface area (TPSA) is 101 Å². The highest BCUT2D eigenvalue weighted by Gasteiger charge is 2.29. The van der Waals surface area contributed by atoms with Crippen molar-refractivity contribution in [2.75, 3.05) is 13.4 Å². The normalized spacial score (nSPS) is 12.3. The summed E-state index contributed by atoms with van der Waals surface area (Å²) in [6.45, 7) is 1.45. The van der Waals surface area contributed by atoms with Crippen LogP contribution < -0.4 is 4.74 Å². The van der Waals surface area contributed by atoms with Gasteiger partial charge in [-0.2, -0.15) is 0 Å². The number of carboxylic acids is 1. The Bertz CT molecular complexity index is 940. The molecule has 0 aliphatic carbocycles. The number of ether oxygens (including phenoxy) is 1. The number of carbonyl (C=O) groups is 2. The Balaban J connectivity index is 2.52. The molecule has 0 bridgehead atoms. The van der Waals surface area contributed by atoms with E-state index >= 15 is 0 Å². The molecule has 1 atom stereocenters. The van der Waals surface area contributed by atoms with Gasteiger partial charge >= 0.3 is 5.97 Å². The molecule has 1 N–H and O–H groups in total. The van der Waals surface area contributed by atoms with Gasteiger partial charge in [0, 0.05) is 12.8 Å². The molecule has 1 amide bonds. The van der Waals surface area contributed by atoms with Gasteiger partial charge in [0.15, 0.2) is 9.84 Å². The van der Waals surface area contributed by atoms with Gasteiger partial charge in [-0.3, -0.25) is 4.79 Å². The van der Waals surface area contributed by atoms with Crippen molar-refractivity contribution in [2.24, 2.45) is 0 Å². The number of amides is 1. The predicted molar refractivity (Wildman–Crippen MR) is 99.5 cm³/mol. The minimum absolute atomic E-state index is 0.00976. The van der Waals surface area contributed by atoms with Gasteiger partial charge in [-0.05, 0) is 30.7 Å². The van der Waals surface area contributed by atoms with Gasteiger partial charge in [-0.1, -0.05) is 30.3 Å². The van der Waals surface area contributed by atoms with E-state index in [4.69, 9.17) is 4.74 Å². The van der Waals surface area contributed by atoms with Gasteiger partial charge in [-0.25, -0.2) is 13.2 Å². The number of aliphatic carboxylic acids is 1. The highest BCUT2D eigenvalue weighted by molar-refractivity contribution is 7.90. The lowest BCUT2D eigenvalue weighted by Gasteiger charge is -2.27. The highest BCUT2D eigenvalue weighted by atomic mass is 32.2. The molecule has 0 spiro atoms. The number of hydrogen-bond acceptors (Lipinski definition) is 5. The van der Waals surface area contributed by atoms with E-state index < -0.39 is 27.8 Å². The Kier molecular flexibility index (Phi) is 6.22. The van der Waals surface area contributed by atoms with Crippen LogP contribution in [0.2, 0.25) is 0 Å². The lowest BCUT2D eigenvalue weighted by Crippen LogP contribution is -2.42.